The smallest absolute Gasteiger partial charge is 0.320 e. The van der Waals surface area contributed by atoms with Gasteiger partial charge < -0.3 is 15.2 Å². The number of hydrogen-bond acceptors (Lipinski definition) is 6. The van der Waals surface area contributed by atoms with Crippen LogP contribution in [0.4, 0.5) is 11.4 Å². The van der Waals surface area contributed by atoms with Crippen LogP contribution >= 0.6 is 12.4 Å². The predicted octanol–water partition coefficient (Wildman–Crippen LogP) is 1.81. The first-order valence-corrected chi connectivity index (χ1v) is 6.97. The normalized spacial score (nSPS) is 11.1. The number of carboxylic acid groups (broad SMARTS) is 1. The van der Waals surface area contributed by atoms with E-state index in [1.807, 2.05) is 6.92 Å². The number of nitrogens with zero attached hydrogens (tertiary/aromatic N) is 1. The van der Waals surface area contributed by atoms with Crippen molar-refractivity contribution in [3.63, 3.8) is 0 Å². The standard InChI is InChI=1S/C14H19N3O6.ClH/c1-3-4-11(14(19)20)15-8-13(18)16-10-6-5-9(23-2)7-12(10)17(21)22;/h5-7,11,15H,3-4,8H2,1-2H3,(H,16,18)(H,19,20);1H. The van der Waals surface area contributed by atoms with Crippen LogP contribution in [0.5, 0.6) is 5.75 Å². The van der Waals surface area contributed by atoms with Crippen LogP contribution in [0.3, 0.4) is 0 Å². The Bertz CT molecular complexity index is 596. The number of rotatable bonds is 9. The molecular formula is C14H20ClN3O6. The summed E-state index contributed by atoms with van der Waals surface area (Å²) in [5.41, 5.74) is -0.286. The third-order valence-corrected chi connectivity index (χ3v) is 3.06. The average molecular weight is 362 g/mol. The summed E-state index contributed by atoms with van der Waals surface area (Å²) in [5.74, 6) is -1.32. The van der Waals surface area contributed by atoms with Crippen molar-refractivity contribution in [1.82, 2.24) is 5.32 Å². The van der Waals surface area contributed by atoms with Gasteiger partial charge >= 0.3 is 5.97 Å². The van der Waals surface area contributed by atoms with Crippen LogP contribution in [0, 0.1) is 10.1 Å². The fourth-order valence-corrected chi connectivity index (χ4v) is 1.91. The fraction of sp³-hybridized carbons (Fsp3) is 0.429. The summed E-state index contributed by atoms with van der Waals surface area (Å²) in [7, 11) is 1.38. The van der Waals surface area contributed by atoms with E-state index in [0.29, 0.717) is 18.6 Å². The first-order chi connectivity index (χ1) is 10.9. The lowest BCUT2D eigenvalue weighted by Crippen LogP contribution is -2.41. The minimum atomic E-state index is -1.05. The van der Waals surface area contributed by atoms with Crippen molar-refractivity contribution in [2.75, 3.05) is 19.0 Å². The maximum absolute atomic E-state index is 11.9. The molecule has 0 aromatic heterocycles. The number of halogens is 1. The van der Waals surface area contributed by atoms with Gasteiger partial charge in [-0.1, -0.05) is 13.3 Å². The molecule has 9 nitrogen and oxygen atoms in total. The Hall–Kier alpha value is -2.39. The molecule has 0 aliphatic heterocycles. The number of methoxy groups -OCH3 is 1. The zero-order valence-electron chi connectivity index (χ0n) is 13.3. The van der Waals surface area contributed by atoms with E-state index in [1.165, 1.54) is 25.3 Å². The number of carbonyl (C=O) groups excluding carboxylic acids is 1. The van der Waals surface area contributed by atoms with Crippen molar-refractivity contribution in [1.29, 1.82) is 0 Å². The van der Waals surface area contributed by atoms with Crippen LogP contribution in [0.25, 0.3) is 0 Å². The molecule has 134 valence electrons. The number of benzene rings is 1. The van der Waals surface area contributed by atoms with E-state index in [4.69, 9.17) is 9.84 Å². The fourth-order valence-electron chi connectivity index (χ4n) is 1.91. The first-order valence-electron chi connectivity index (χ1n) is 6.97. The molecule has 3 N–H and O–H groups in total. The second-order valence-corrected chi connectivity index (χ2v) is 4.75. The number of amides is 1. The number of ether oxygens (including phenoxy) is 1. The average Bonchev–Trinajstić information content (AvgIpc) is 2.51. The Morgan fingerprint density at radius 1 is 1.42 bits per heavy atom. The van der Waals surface area contributed by atoms with Gasteiger partial charge in [-0.2, -0.15) is 0 Å². The van der Waals surface area contributed by atoms with E-state index in [2.05, 4.69) is 10.6 Å². The predicted molar refractivity (Wildman–Crippen MR) is 89.9 cm³/mol. The highest BCUT2D eigenvalue weighted by molar-refractivity contribution is 5.94. The van der Waals surface area contributed by atoms with Crippen LogP contribution in [-0.2, 0) is 9.59 Å². The summed E-state index contributed by atoms with van der Waals surface area (Å²) < 4.78 is 4.90. The molecule has 1 aromatic rings. The van der Waals surface area contributed by atoms with Crippen LogP contribution in [-0.4, -0.2) is 41.6 Å². The minimum Gasteiger partial charge on any atom is -0.496 e. The second-order valence-electron chi connectivity index (χ2n) is 4.75. The summed E-state index contributed by atoms with van der Waals surface area (Å²) >= 11 is 0. The molecule has 0 aliphatic carbocycles. The lowest BCUT2D eigenvalue weighted by molar-refractivity contribution is -0.384. The van der Waals surface area contributed by atoms with Crippen LogP contribution in [0.1, 0.15) is 19.8 Å². The van der Waals surface area contributed by atoms with Gasteiger partial charge in [0.05, 0.1) is 24.6 Å². The van der Waals surface area contributed by atoms with E-state index in [0.717, 1.165) is 0 Å². The van der Waals surface area contributed by atoms with E-state index in [-0.39, 0.29) is 30.3 Å². The number of nitro benzene ring substituents is 1. The van der Waals surface area contributed by atoms with Gasteiger partial charge in [0, 0.05) is 0 Å². The maximum Gasteiger partial charge on any atom is 0.320 e. The summed E-state index contributed by atoms with van der Waals surface area (Å²) in [5, 5.41) is 25.0. The monoisotopic (exact) mass is 361 g/mol. The number of carboxylic acids is 1. The Morgan fingerprint density at radius 2 is 2.08 bits per heavy atom. The van der Waals surface area contributed by atoms with E-state index >= 15 is 0 Å². The van der Waals surface area contributed by atoms with E-state index in [1.54, 1.807) is 0 Å². The van der Waals surface area contributed by atoms with Gasteiger partial charge in [-0.05, 0) is 18.6 Å². The lowest BCUT2D eigenvalue weighted by Gasteiger charge is -2.13. The van der Waals surface area contributed by atoms with Gasteiger partial charge in [-0.3, -0.25) is 25.0 Å². The Balaban J connectivity index is 0.00000529. The third-order valence-electron chi connectivity index (χ3n) is 3.06. The first kappa shape index (κ1) is 21.6. The molecule has 1 atom stereocenters. The van der Waals surface area contributed by atoms with E-state index in [9.17, 15) is 19.7 Å². The van der Waals surface area contributed by atoms with Gasteiger partial charge in [0.25, 0.3) is 5.69 Å². The molecule has 24 heavy (non-hydrogen) atoms. The molecule has 0 saturated carbocycles. The molecule has 0 saturated heterocycles. The van der Waals surface area contributed by atoms with Gasteiger partial charge in [0.15, 0.2) is 0 Å². The minimum absolute atomic E-state index is 0. The quantitative estimate of drug-likeness (QED) is 0.451. The summed E-state index contributed by atoms with van der Waals surface area (Å²) in [6.07, 6.45) is 1.03. The molecule has 1 amide bonds. The third kappa shape index (κ3) is 6.39. The molecular weight excluding hydrogens is 342 g/mol. The van der Waals surface area contributed by atoms with Crippen molar-refractivity contribution in [2.24, 2.45) is 0 Å². The molecule has 0 bridgehead atoms. The lowest BCUT2D eigenvalue weighted by atomic mass is 10.1. The largest absolute Gasteiger partial charge is 0.496 e. The number of nitro groups is 1. The van der Waals surface area contributed by atoms with Gasteiger partial charge in [0.2, 0.25) is 5.91 Å². The van der Waals surface area contributed by atoms with Crippen molar-refractivity contribution < 1.29 is 24.4 Å². The molecule has 0 heterocycles. The zero-order chi connectivity index (χ0) is 17.4. The van der Waals surface area contributed by atoms with Crippen LogP contribution < -0.4 is 15.4 Å². The number of nitrogens with one attached hydrogen (secondary N) is 2. The summed E-state index contributed by atoms with van der Waals surface area (Å²) in [4.78, 5) is 33.2. The number of carbonyl (C=O) groups is 2. The number of aliphatic carboxylic acids is 1. The summed E-state index contributed by atoms with van der Waals surface area (Å²) in [6.45, 7) is 1.57. The van der Waals surface area contributed by atoms with Gasteiger partial charge in [-0.25, -0.2) is 0 Å². The van der Waals surface area contributed by atoms with Crippen LogP contribution in [0.2, 0.25) is 0 Å². The number of anilines is 1. The summed E-state index contributed by atoms with van der Waals surface area (Å²) in [6, 6.07) is 3.19. The molecule has 10 heteroatoms. The molecule has 0 radical (unpaired) electrons. The molecule has 0 aliphatic rings. The second kappa shape index (κ2) is 10.4. The number of hydrogen-bond donors (Lipinski definition) is 3. The highest BCUT2D eigenvalue weighted by atomic mass is 35.5. The topological polar surface area (TPSA) is 131 Å². The highest BCUT2D eigenvalue weighted by Gasteiger charge is 2.19. The van der Waals surface area contributed by atoms with Crippen molar-refractivity contribution in [2.45, 2.75) is 25.8 Å². The Kier molecular flexibility index (Phi) is 9.36. The molecule has 0 spiro atoms. The maximum atomic E-state index is 11.9. The molecule has 0 fully saturated rings. The highest BCUT2D eigenvalue weighted by Crippen LogP contribution is 2.28. The molecule has 1 unspecified atom stereocenters. The van der Waals surface area contributed by atoms with Gasteiger partial charge in [-0.15, -0.1) is 12.4 Å². The van der Waals surface area contributed by atoms with Crippen molar-refractivity contribution in [3.05, 3.63) is 28.3 Å². The SMILES string of the molecule is CCCC(NCC(=O)Nc1ccc(OC)cc1[N+](=O)[O-])C(=O)O.Cl. The zero-order valence-corrected chi connectivity index (χ0v) is 14.1. The van der Waals surface area contributed by atoms with Crippen molar-refractivity contribution >= 4 is 35.7 Å². The Labute approximate surface area is 144 Å². The van der Waals surface area contributed by atoms with E-state index < -0.39 is 22.8 Å². The molecule has 1 aromatic carbocycles. The van der Waals surface area contributed by atoms with Crippen LogP contribution in [0.15, 0.2) is 18.2 Å². The van der Waals surface area contributed by atoms with Crippen molar-refractivity contribution in [3.8, 4) is 5.75 Å². The van der Waals surface area contributed by atoms with Gasteiger partial charge in [0.1, 0.15) is 17.5 Å². The molecule has 1 rings (SSSR count). The Morgan fingerprint density at radius 3 is 2.58 bits per heavy atom.